The van der Waals surface area contributed by atoms with Crippen molar-refractivity contribution in [3.8, 4) is 0 Å². The summed E-state index contributed by atoms with van der Waals surface area (Å²) in [5.41, 5.74) is 1.93. The van der Waals surface area contributed by atoms with Crippen LogP contribution in [0.15, 0.2) is 39.8 Å². The normalized spacial score (nSPS) is 10.6. The summed E-state index contributed by atoms with van der Waals surface area (Å²) in [4.78, 5) is 13.1. The van der Waals surface area contributed by atoms with Gasteiger partial charge in [0.1, 0.15) is 5.76 Å². The van der Waals surface area contributed by atoms with Gasteiger partial charge >= 0.3 is 0 Å². The number of carbonyl (C=O) groups is 1. The lowest BCUT2D eigenvalue weighted by Crippen LogP contribution is -2.25. The van der Waals surface area contributed by atoms with Gasteiger partial charge in [0.05, 0.1) is 5.69 Å². The van der Waals surface area contributed by atoms with Crippen LogP contribution in [0.4, 0.5) is 0 Å². The fraction of sp³-hybridized carbons (Fsp3) is 0.412. The standard InChI is InChI=1S/C17H22N2O2S/c1-13-16(14(2)21-19-13)9-10-17(20)18-11-6-12-22-15-7-4-3-5-8-15/h3-5,7-8H,6,9-12H2,1-2H3,(H,18,20). The summed E-state index contributed by atoms with van der Waals surface area (Å²) < 4.78 is 5.10. The summed E-state index contributed by atoms with van der Waals surface area (Å²) in [6, 6.07) is 10.3. The van der Waals surface area contributed by atoms with Gasteiger partial charge in [-0.15, -0.1) is 11.8 Å². The van der Waals surface area contributed by atoms with Crippen LogP contribution in [0.2, 0.25) is 0 Å². The molecule has 0 fully saturated rings. The lowest BCUT2D eigenvalue weighted by Gasteiger charge is -2.05. The van der Waals surface area contributed by atoms with Crippen molar-refractivity contribution in [2.75, 3.05) is 12.3 Å². The first-order valence-electron chi connectivity index (χ1n) is 7.53. The molecule has 2 aromatic rings. The molecule has 1 heterocycles. The Bertz CT molecular complexity index is 576. The molecule has 1 N–H and O–H groups in total. The van der Waals surface area contributed by atoms with E-state index in [1.165, 1.54) is 4.90 Å². The van der Waals surface area contributed by atoms with Gasteiger partial charge in [-0.05, 0) is 44.6 Å². The number of nitrogens with one attached hydrogen (secondary N) is 1. The molecule has 5 heteroatoms. The lowest BCUT2D eigenvalue weighted by molar-refractivity contribution is -0.121. The first-order chi connectivity index (χ1) is 10.7. The molecule has 4 nitrogen and oxygen atoms in total. The topological polar surface area (TPSA) is 55.1 Å². The molecule has 0 saturated carbocycles. The van der Waals surface area contributed by atoms with E-state index < -0.39 is 0 Å². The summed E-state index contributed by atoms with van der Waals surface area (Å²) in [5, 5.41) is 6.87. The Morgan fingerprint density at radius 1 is 1.27 bits per heavy atom. The van der Waals surface area contributed by atoms with Gasteiger partial charge < -0.3 is 9.84 Å². The minimum atomic E-state index is 0.0877. The molecule has 1 aromatic carbocycles. The Morgan fingerprint density at radius 2 is 2.05 bits per heavy atom. The maximum Gasteiger partial charge on any atom is 0.220 e. The van der Waals surface area contributed by atoms with Crippen molar-refractivity contribution >= 4 is 17.7 Å². The average molecular weight is 318 g/mol. The molecular formula is C17H22N2O2S. The van der Waals surface area contributed by atoms with Crippen LogP contribution in [0.5, 0.6) is 0 Å². The van der Waals surface area contributed by atoms with Gasteiger partial charge in [-0.3, -0.25) is 4.79 Å². The summed E-state index contributed by atoms with van der Waals surface area (Å²) in [7, 11) is 0. The van der Waals surface area contributed by atoms with E-state index in [9.17, 15) is 4.79 Å². The summed E-state index contributed by atoms with van der Waals surface area (Å²) in [5.74, 6) is 1.91. The van der Waals surface area contributed by atoms with Gasteiger partial charge in [0.15, 0.2) is 0 Å². The Balaban J connectivity index is 1.58. The molecule has 2 rings (SSSR count). The maximum absolute atomic E-state index is 11.8. The molecule has 0 unspecified atom stereocenters. The minimum absolute atomic E-state index is 0.0877. The molecule has 1 amide bonds. The zero-order chi connectivity index (χ0) is 15.8. The predicted molar refractivity (Wildman–Crippen MR) is 89.1 cm³/mol. The third-order valence-corrected chi connectivity index (χ3v) is 4.54. The molecule has 0 spiro atoms. The highest BCUT2D eigenvalue weighted by molar-refractivity contribution is 7.99. The van der Waals surface area contributed by atoms with Gasteiger partial charge in [0, 0.05) is 23.4 Å². The van der Waals surface area contributed by atoms with Crippen LogP contribution in [0.1, 0.15) is 29.9 Å². The van der Waals surface area contributed by atoms with Crippen molar-refractivity contribution in [1.82, 2.24) is 10.5 Å². The van der Waals surface area contributed by atoms with Crippen molar-refractivity contribution in [3.63, 3.8) is 0 Å². The highest BCUT2D eigenvalue weighted by Crippen LogP contribution is 2.17. The van der Waals surface area contributed by atoms with Gasteiger partial charge in [0.2, 0.25) is 5.91 Å². The Kier molecular flexibility index (Phi) is 6.52. The van der Waals surface area contributed by atoms with Crippen LogP contribution >= 0.6 is 11.8 Å². The number of amides is 1. The Morgan fingerprint density at radius 3 is 2.73 bits per heavy atom. The summed E-state index contributed by atoms with van der Waals surface area (Å²) in [6.45, 7) is 4.51. The second kappa shape index (κ2) is 8.63. The number of hydrogen-bond donors (Lipinski definition) is 1. The first kappa shape index (κ1) is 16.6. The summed E-state index contributed by atoms with van der Waals surface area (Å²) >= 11 is 1.82. The van der Waals surface area contributed by atoms with Gasteiger partial charge in [-0.2, -0.15) is 0 Å². The molecule has 0 aliphatic heterocycles. The van der Waals surface area contributed by atoms with Gasteiger partial charge in [-0.25, -0.2) is 0 Å². The molecular weight excluding hydrogens is 296 g/mol. The zero-order valence-corrected chi connectivity index (χ0v) is 13.9. The van der Waals surface area contributed by atoms with E-state index in [1.807, 2.05) is 43.8 Å². The molecule has 1 aromatic heterocycles. The SMILES string of the molecule is Cc1noc(C)c1CCC(=O)NCCCSc1ccccc1. The first-order valence-corrected chi connectivity index (χ1v) is 8.51. The average Bonchev–Trinajstić information content (AvgIpc) is 2.84. The number of aryl methyl sites for hydroxylation is 2. The quantitative estimate of drug-likeness (QED) is 0.597. The lowest BCUT2D eigenvalue weighted by atomic mass is 10.1. The number of carbonyl (C=O) groups excluding carboxylic acids is 1. The van der Waals surface area contributed by atoms with E-state index in [4.69, 9.17) is 4.52 Å². The Labute approximate surface area is 135 Å². The van der Waals surface area contributed by atoms with Gasteiger partial charge in [0.25, 0.3) is 0 Å². The van der Waals surface area contributed by atoms with E-state index >= 15 is 0 Å². The second-order valence-corrected chi connectivity index (χ2v) is 6.34. The third kappa shape index (κ3) is 5.22. The summed E-state index contributed by atoms with van der Waals surface area (Å²) in [6.07, 6.45) is 2.14. The van der Waals surface area contributed by atoms with Crippen molar-refractivity contribution in [3.05, 3.63) is 47.3 Å². The molecule has 0 atom stereocenters. The third-order valence-electron chi connectivity index (χ3n) is 3.44. The zero-order valence-electron chi connectivity index (χ0n) is 13.1. The van der Waals surface area contributed by atoms with Crippen LogP contribution in [0.25, 0.3) is 0 Å². The maximum atomic E-state index is 11.8. The van der Waals surface area contributed by atoms with Crippen LogP contribution in [-0.4, -0.2) is 23.4 Å². The fourth-order valence-electron chi connectivity index (χ4n) is 2.19. The van der Waals surface area contributed by atoms with E-state index in [2.05, 4.69) is 22.6 Å². The highest BCUT2D eigenvalue weighted by Gasteiger charge is 2.10. The molecule has 0 bridgehead atoms. The van der Waals surface area contributed by atoms with Crippen LogP contribution in [0.3, 0.4) is 0 Å². The monoisotopic (exact) mass is 318 g/mol. The highest BCUT2D eigenvalue weighted by atomic mass is 32.2. The number of hydrogen-bond acceptors (Lipinski definition) is 4. The number of aromatic nitrogens is 1. The number of rotatable bonds is 8. The van der Waals surface area contributed by atoms with Crippen LogP contribution in [-0.2, 0) is 11.2 Å². The predicted octanol–water partition coefficient (Wildman–Crippen LogP) is 3.52. The van der Waals surface area contributed by atoms with Crippen molar-refractivity contribution in [1.29, 1.82) is 0 Å². The smallest absolute Gasteiger partial charge is 0.220 e. The van der Waals surface area contributed by atoms with E-state index in [0.717, 1.165) is 35.7 Å². The number of benzene rings is 1. The largest absolute Gasteiger partial charge is 0.361 e. The molecule has 0 radical (unpaired) electrons. The van der Waals surface area contributed by atoms with Crippen molar-refractivity contribution in [2.45, 2.75) is 38.0 Å². The number of nitrogens with zero attached hydrogens (tertiary/aromatic N) is 1. The molecule has 0 saturated heterocycles. The van der Waals surface area contributed by atoms with E-state index in [1.54, 1.807) is 0 Å². The molecule has 0 aliphatic carbocycles. The molecule has 0 aliphatic rings. The van der Waals surface area contributed by atoms with Gasteiger partial charge in [-0.1, -0.05) is 23.4 Å². The minimum Gasteiger partial charge on any atom is -0.361 e. The van der Waals surface area contributed by atoms with E-state index in [0.29, 0.717) is 12.8 Å². The molecule has 118 valence electrons. The second-order valence-electron chi connectivity index (χ2n) is 5.17. The van der Waals surface area contributed by atoms with Crippen LogP contribution in [0, 0.1) is 13.8 Å². The van der Waals surface area contributed by atoms with Crippen molar-refractivity contribution < 1.29 is 9.32 Å². The molecule has 22 heavy (non-hydrogen) atoms. The van der Waals surface area contributed by atoms with Crippen molar-refractivity contribution in [2.24, 2.45) is 0 Å². The number of thioether (sulfide) groups is 1. The van der Waals surface area contributed by atoms with E-state index in [-0.39, 0.29) is 5.91 Å². The van der Waals surface area contributed by atoms with Crippen LogP contribution < -0.4 is 5.32 Å². The Hall–Kier alpha value is -1.75. The fourth-order valence-corrected chi connectivity index (χ4v) is 3.07.